The average Bonchev–Trinajstić information content (AvgIpc) is 2.68. The first-order valence-electron chi connectivity index (χ1n) is 5.35. The Morgan fingerprint density at radius 1 is 1.56 bits per heavy atom. The molecule has 1 amide bonds. The van der Waals surface area contributed by atoms with Gasteiger partial charge in [-0.25, -0.2) is 4.79 Å². The smallest absolute Gasteiger partial charge is 0.337 e. The lowest BCUT2D eigenvalue weighted by atomic mass is 10.2. The van der Waals surface area contributed by atoms with Gasteiger partial charge in [0.05, 0.1) is 23.7 Å². The van der Waals surface area contributed by atoms with E-state index in [1.807, 2.05) is 0 Å². The van der Waals surface area contributed by atoms with Crippen molar-refractivity contribution in [1.82, 2.24) is 0 Å². The van der Waals surface area contributed by atoms with Crippen LogP contribution < -0.4 is 4.90 Å². The Morgan fingerprint density at radius 3 is 2.83 bits per heavy atom. The lowest BCUT2D eigenvalue weighted by molar-refractivity contribution is -0.117. The van der Waals surface area contributed by atoms with E-state index in [0.717, 1.165) is 4.47 Å². The molecule has 6 heteroatoms. The Labute approximate surface area is 118 Å². The Kier molecular flexibility index (Phi) is 3.92. The summed E-state index contributed by atoms with van der Waals surface area (Å²) in [6, 6.07) is 4.98. The highest BCUT2D eigenvalue weighted by molar-refractivity contribution is 9.10. The first-order chi connectivity index (χ1) is 8.52. The monoisotopic (exact) mass is 331 g/mol. The van der Waals surface area contributed by atoms with E-state index >= 15 is 0 Å². The Morgan fingerprint density at radius 2 is 2.28 bits per heavy atom. The number of alkyl halides is 1. The van der Waals surface area contributed by atoms with Crippen molar-refractivity contribution >= 4 is 45.1 Å². The summed E-state index contributed by atoms with van der Waals surface area (Å²) in [4.78, 5) is 24.8. The molecule has 18 heavy (non-hydrogen) atoms. The van der Waals surface area contributed by atoms with Crippen molar-refractivity contribution in [2.45, 2.75) is 11.8 Å². The Bertz CT molecular complexity index is 506. The second kappa shape index (κ2) is 5.28. The van der Waals surface area contributed by atoms with Gasteiger partial charge in [-0.1, -0.05) is 0 Å². The molecular weight excluding hydrogens is 321 g/mol. The number of amides is 1. The van der Waals surface area contributed by atoms with Gasteiger partial charge < -0.3 is 9.64 Å². The normalized spacial score (nSPS) is 19.2. The van der Waals surface area contributed by atoms with E-state index in [9.17, 15) is 9.59 Å². The molecular formula is C12H11BrClNO3. The molecule has 1 aromatic rings. The molecule has 2 rings (SSSR count). The van der Waals surface area contributed by atoms with Crippen LogP contribution in [-0.2, 0) is 9.53 Å². The fraction of sp³-hybridized carbons (Fsp3) is 0.333. The Balaban J connectivity index is 2.38. The summed E-state index contributed by atoms with van der Waals surface area (Å²) in [5.74, 6) is -0.476. The number of carbonyl (C=O) groups is 2. The van der Waals surface area contributed by atoms with Crippen LogP contribution in [0.4, 0.5) is 5.69 Å². The van der Waals surface area contributed by atoms with E-state index in [-0.39, 0.29) is 11.3 Å². The molecule has 0 aromatic heterocycles. The summed E-state index contributed by atoms with van der Waals surface area (Å²) >= 11 is 9.33. The molecule has 1 fully saturated rings. The maximum absolute atomic E-state index is 11.8. The zero-order chi connectivity index (χ0) is 13.3. The lowest BCUT2D eigenvalue weighted by Gasteiger charge is -2.18. The third-order valence-corrected chi connectivity index (χ3v) is 3.70. The molecule has 0 bridgehead atoms. The van der Waals surface area contributed by atoms with Crippen molar-refractivity contribution in [2.75, 3.05) is 18.6 Å². The SMILES string of the molecule is COC(=O)c1ccc(Br)c(N2CC(Cl)CC2=O)c1. The van der Waals surface area contributed by atoms with Crippen molar-refractivity contribution in [3.63, 3.8) is 0 Å². The van der Waals surface area contributed by atoms with Gasteiger partial charge in [0.1, 0.15) is 0 Å². The number of hydrogen-bond acceptors (Lipinski definition) is 3. The van der Waals surface area contributed by atoms with Gasteiger partial charge in [-0.05, 0) is 34.1 Å². The van der Waals surface area contributed by atoms with Crippen LogP contribution in [0.25, 0.3) is 0 Å². The zero-order valence-electron chi connectivity index (χ0n) is 9.65. The van der Waals surface area contributed by atoms with E-state index < -0.39 is 5.97 Å². The van der Waals surface area contributed by atoms with Gasteiger partial charge in [0.2, 0.25) is 5.91 Å². The van der Waals surface area contributed by atoms with Crippen LogP contribution in [0.5, 0.6) is 0 Å². The van der Waals surface area contributed by atoms with Crippen molar-refractivity contribution in [3.8, 4) is 0 Å². The zero-order valence-corrected chi connectivity index (χ0v) is 12.0. The molecule has 1 atom stereocenters. The first-order valence-corrected chi connectivity index (χ1v) is 6.58. The number of anilines is 1. The summed E-state index contributed by atoms with van der Waals surface area (Å²) in [7, 11) is 1.32. The molecule has 0 aliphatic carbocycles. The molecule has 1 aliphatic rings. The van der Waals surface area contributed by atoms with Gasteiger partial charge >= 0.3 is 5.97 Å². The topological polar surface area (TPSA) is 46.6 Å². The van der Waals surface area contributed by atoms with Crippen molar-refractivity contribution in [2.24, 2.45) is 0 Å². The number of ether oxygens (including phenoxy) is 1. The minimum absolute atomic E-state index is 0.0438. The number of methoxy groups -OCH3 is 1. The van der Waals surface area contributed by atoms with E-state index in [1.165, 1.54) is 7.11 Å². The molecule has 4 nitrogen and oxygen atoms in total. The summed E-state index contributed by atoms with van der Waals surface area (Å²) in [5.41, 5.74) is 1.05. The standard InChI is InChI=1S/C12H11BrClNO3/c1-18-12(17)7-2-3-9(13)10(4-7)15-6-8(14)5-11(15)16/h2-4,8H,5-6H2,1H3. The summed E-state index contributed by atoms with van der Waals surface area (Å²) in [5, 5.41) is -0.189. The number of nitrogens with zero attached hydrogens (tertiary/aromatic N) is 1. The molecule has 1 heterocycles. The molecule has 0 saturated carbocycles. The third-order valence-electron chi connectivity index (χ3n) is 2.74. The van der Waals surface area contributed by atoms with Crippen LogP contribution in [0.15, 0.2) is 22.7 Å². The average molecular weight is 333 g/mol. The van der Waals surface area contributed by atoms with Crippen molar-refractivity contribution in [3.05, 3.63) is 28.2 Å². The van der Waals surface area contributed by atoms with Crippen LogP contribution in [0, 0.1) is 0 Å². The molecule has 0 N–H and O–H groups in total. The minimum Gasteiger partial charge on any atom is -0.465 e. The first kappa shape index (κ1) is 13.4. The number of benzene rings is 1. The molecule has 1 aromatic carbocycles. The third kappa shape index (κ3) is 2.52. The van der Waals surface area contributed by atoms with Crippen LogP contribution in [0.2, 0.25) is 0 Å². The van der Waals surface area contributed by atoms with E-state index in [0.29, 0.717) is 24.2 Å². The van der Waals surface area contributed by atoms with Gasteiger partial charge in [0.25, 0.3) is 0 Å². The maximum Gasteiger partial charge on any atom is 0.337 e. The molecule has 0 spiro atoms. The predicted octanol–water partition coefficient (Wildman–Crippen LogP) is 2.58. The summed E-state index contributed by atoms with van der Waals surface area (Å²) in [6.07, 6.45) is 0.316. The summed E-state index contributed by atoms with van der Waals surface area (Å²) < 4.78 is 5.40. The number of halogens is 2. The van der Waals surface area contributed by atoms with Crippen LogP contribution in [0.1, 0.15) is 16.8 Å². The van der Waals surface area contributed by atoms with E-state index in [1.54, 1.807) is 23.1 Å². The lowest BCUT2D eigenvalue weighted by Crippen LogP contribution is -2.25. The van der Waals surface area contributed by atoms with Crippen molar-refractivity contribution < 1.29 is 14.3 Å². The van der Waals surface area contributed by atoms with Gasteiger partial charge in [-0.2, -0.15) is 0 Å². The van der Waals surface area contributed by atoms with Crippen molar-refractivity contribution in [1.29, 1.82) is 0 Å². The number of rotatable bonds is 2. The molecule has 96 valence electrons. The largest absolute Gasteiger partial charge is 0.465 e. The number of hydrogen-bond donors (Lipinski definition) is 0. The van der Waals surface area contributed by atoms with Crippen LogP contribution in [0.3, 0.4) is 0 Å². The van der Waals surface area contributed by atoms with Gasteiger partial charge in [-0.15, -0.1) is 11.6 Å². The second-order valence-electron chi connectivity index (χ2n) is 3.96. The number of esters is 1. The predicted molar refractivity (Wildman–Crippen MR) is 72.1 cm³/mol. The van der Waals surface area contributed by atoms with Crippen LogP contribution >= 0.6 is 27.5 Å². The summed E-state index contributed by atoms with van der Waals surface area (Å²) in [6.45, 7) is 0.448. The van der Waals surface area contributed by atoms with E-state index in [4.69, 9.17) is 11.6 Å². The fourth-order valence-corrected chi connectivity index (χ4v) is 2.59. The van der Waals surface area contributed by atoms with Crippen LogP contribution in [-0.4, -0.2) is 30.9 Å². The maximum atomic E-state index is 11.8. The highest BCUT2D eigenvalue weighted by Gasteiger charge is 2.30. The quantitative estimate of drug-likeness (QED) is 0.618. The molecule has 0 radical (unpaired) electrons. The molecule has 1 unspecified atom stereocenters. The van der Waals surface area contributed by atoms with Gasteiger partial charge in [0.15, 0.2) is 0 Å². The number of carbonyl (C=O) groups excluding carboxylic acids is 2. The van der Waals surface area contributed by atoms with Gasteiger partial charge in [0, 0.05) is 17.4 Å². The Hall–Kier alpha value is -1.07. The minimum atomic E-state index is -0.433. The second-order valence-corrected chi connectivity index (χ2v) is 5.44. The highest BCUT2D eigenvalue weighted by atomic mass is 79.9. The van der Waals surface area contributed by atoms with Gasteiger partial charge in [-0.3, -0.25) is 4.79 Å². The molecule has 1 aliphatic heterocycles. The highest BCUT2D eigenvalue weighted by Crippen LogP contribution is 2.32. The van der Waals surface area contributed by atoms with E-state index in [2.05, 4.69) is 20.7 Å². The fourth-order valence-electron chi connectivity index (χ4n) is 1.86. The molecule has 1 saturated heterocycles.